The van der Waals surface area contributed by atoms with Crippen molar-refractivity contribution in [1.29, 1.82) is 0 Å². The normalized spacial score (nSPS) is 12.0. The average Bonchev–Trinajstić information content (AvgIpc) is 2.51. The Labute approximate surface area is 151 Å². The van der Waals surface area contributed by atoms with Crippen LogP contribution >= 0.6 is 11.6 Å². The fourth-order valence-electron chi connectivity index (χ4n) is 2.20. The summed E-state index contributed by atoms with van der Waals surface area (Å²) in [5.41, 5.74) is 0.531. The molecular weight excluding hydrogens is 388 g/mol. The molecule has 0 saturated carbocycles. The van der Waals surface area contributed by atoms with Crippen LogP contribution in [0.25, 0.3) is 0 Å². The quantitative estimate of drug-likeness (QED) is 0.732. The molecule has 7 nitrogen and oxygen atoms in total. The summed E-state index contributed by atoms with van der Waals surface area (Å²) in [4.78, 5) is -0.349. The van der Waals surface area contributed by atoms with Crippen molar-refractivity contribution in [2.45, 2.75) is 11.3 Å². The highest BCUT2D eigenvalue weighted by atomic mass is 35.5. The Kier molecular flexibility index (Phi) is 5.94. The molecule has 0 aliphatic heterocycles. The Balaban J connectivity index is 2.24. The number of halogens is 1. The number of hydrogen-bond acceptors (Lipinski definition) is 5. The van der Waals surface area contributed by atoms with Crippen molar-refractivity contribution in [2.24, 2.45) is 5.14 Å². The van der Waals surface area contributed by atoms with Crippen molar-refractivity contribution in [3.63, 3.8) is 0 Å². The number of nitrogens with one attached hydrogen (secondary N) is 1. The molecule has 3 N–H and O–H groups in total. The molecule has 0 aromatic heterocycles. The van der Waals surface area contributed by atoms with E-state index in [1.54, 1.807) is 24.3 Å². The summed E-state index contributed by atoms with van der Waals surface area (Å²) >= 11 is 5.82. The zero-order valence-corrected chi connectivity index (χ0v) is 15.7. The molecule has 0 saturated heterocycles. The monoisotopic (exact) mass is 404 g/mol. The molecule has 25 heavy (non-hydrogen) atoms. The summed E-state index contributed by atoms with van der Waals surface area (Å²) in [6, 6.07) is 10.7. The van der Waals surface area contributed by atoms with Gasteiger partial charge < -0.3 is 4.74 Å². The van der Waals surface area contributed by atoms with Crippen LogP contribution in [0.5, 0.6) is 5.75 Å². The van der Waals surface area contributed by atoms with Gasteiger partial charge in [0.05, 0.1) is 18.6 Å². The van der Waals surface area contributed by atoms with E-state index in [-0.39, 0.29) is 27.8 Å². The Hall–Kier alpha value is -1.81. The first kappa shape index (κ1) is 19.5. The number of primary sulfonamides is 1. The Bertz CT molecular complexity index is 975. The zero-order chi connectivity index (χ0) is 18.7. The maximum Gasteiger partial charge on any atom is 0.240 e. The third-order valence-corrected chi connectivity index (χ3v) is 5.82. The van der Waals surface area contributed by atoms with Gasteiger partial charge in [-0.25, -0.2) is 22.0 Å². The third kappa shape index (κ3) is 5.33. The highest BCUT2D eigenvalue weighted by molar-refractivity contribution is 7.93. The maximum absolute atomic E-state index is 12.3. The van der Waals surface area contributed by atoms with Crippen LogP contribution in [0.4, 0.5) is 5.69 Å². The van der Waals surface area contributed by atoms with E-state index >= 15 is 0 Å². The molecule has 0 fully saturated rings. The lowest BCUT2D eigenvalue weighted by molar-refractivity contribution is 0.410. The van der Waals surface area contributed by atoms with Crippen molar-refractivity contribution < 1.29 is 21.6 Å². The molecule has 0 heterocycles. The van der Waals surface area contributed by atoms with Gasteiger partial charge in [0.1, 0.15) is 10.6 Å². The lowest BCUT2D eigenvalue weighted by atomic mass is 10.1. The van der Waals surface area contributed by atoms with Crippen molar-refractivity contribution in [3.05, 3.63) is 53.1 Å². The molecule has 0 amide bonds. The van der Waals surface area contributed by atoms with E-state index in [9.17, 15) is 16.8 Å². The second kappa shape index (κ2) is 7.61. The highest BCUT2D eigenvalue weighted by Crippen LogP contribution is 2.26. The predicted octanol–water partition coefficient (Wildman–Crippen LogP) is 1.98. The average molecular weight is 405 g/mol. The van der Waals surface area contributed by atoms with Crippen molar-refractivity contribution >= 4 is 37.3 Å². The van der Waals surface area contributed by atoms with Crippen LogP contribution in [-0.4, -0.2) is 29.7 Å². The molecule has 2 aromatic rings. The number of anilines is 1. The summed E-state index contributed by atoms with van der Waals surface area (Å²) in [7, 11) is -6.45. The SMILES string of the molecule is COc1ccccc1CCS(=O)(=O)Nc1cc(Cl)ccc1S(N)(=O)=O. The van der Waals surface area contributed by atoms with Gasteiger partial charge in [-0.05, 0) is 36.2 Å². The molecule has 10 heteroatoms. The maximum atomic E-state index is 12.3. The third-order valence-electron chi connectivity index (χ3n) is 3.35. The van der Waals surface area contributed by atoms with Gasteiger partial charge >= 0.3 is 0 Å². The number of hydrogen-bond donors (Lipinski definition) is 2. The van der Waals surface area contributed by atoms with Crippen molar-refractivity contribution in [2.75, 3.05) is 17.6 Å². The molecule has 2 rings (SSSR count). The van der Waals surface area contributed by atoms with Crippen molar-refractivity contribution in [3.8, 4) is 5.75 Å². The highest BCUT2D eigenvalue weighted by Gasteiger charge is 2.19. The number of nitrogens with two attached hydrogens (primary N) is 1. The van der Waals surface area contributed by atoms with Crippen LogP contribution in [0.1, 0.15) is 5.56 Å². The number of methoxy groups -OCH3 is 1. The van der Waals surface area contributed by atoms with Gasteiger partial charge in [-0.15, -0.1) is 0 Å². The van der Waals surface area contributed by atoms with Crippen LogP contribution in [0.15, 0.2) is 47.4 Å². The van der Waals surface area contributed by atoms with E-state index in [0.717, 1.165) is 6.07 Å². The molecule has 0 aliphatic rings. The minimum Gasteiger partial charge on any atom is -0.496 e. The summed E-state index contributed by atoms with van der Waals surface area (Å²) in [6.07, 6.45) is 0.185. The van der Waals surface area contributed by atoms with Gasteiger partial charge in [-0.2, -0.15) is 0 Å². The van der Waals surface area contributed by atoms with Crippen LogP contribution in [-0.2, 0) is 26.5 Å². The van der Waals surface area contributed by atoms with E-state index < -0.39 is 20.0 Å². The number of aryl methyl sites for hydroxylation is 1. The molecule has 2 aromatic carbocycles. The van der Waals surface area contributed by atoms with E-state index in [4.69, 9.17) is 21.5 Å². The number of benzene rings is 2. The molecule has 0 atom stereocenters. The van der Waals surface area contributed by atoms with Crippen LogP contribution in [0, 0.1) is 0 Å². The molecule has 0 spiro atoms. The Morgan fingerprint density at radius 1 is 1.12 bits per heavy atom. The second-order valence-corrected chi connectivity index (χ2v) is 8.98. The fraction of sp³-hybridized carbons (Fsp3) is 0.200. The van der Waals surface area contributed by atoms with E-state index in [0.29, 0.717) is 11.3 Å². The number of ether oxygens (including phenoxy) is 1. The number of rotatable bonds is 7. The lowest BCUT2D eigenvalue weighted by Crippen LogP contribution is -2.21. The second-order valence-electron chi connectivity index (χ2n) is 5.17. The standard InChI is InChI=1S/C15H17ClN2O5S2/c1-23-14-5-3-2-4-11(14)8-9-24(19,20)18-13-10-12(16)6-7-15(13)25(17,21)22/h2-7,10,18H,8-9H2,1H3,(H2,17,21,22). The van der Waals surface area contributed by atoms with Gasteiger partial charge in [0, 0.05) is 5.02 Å². The molecule has 0 bridgehead atoms. The summed E-state index contributed by atoms with van der Waals surface area (Å²) in [5, 5.41) is 5.28. The molecule has 0 aliphatic carbocycles. The van der Waals surface area contributed by atoms with Crippen LogP contribution in [0.2, 0.25) is 5.02 Å². The van der Waals surface area contributed by atoms with E-state index in [1.165, 1.54) is 19.2 Å². The number of para-hydroxylation sites is 1. The minimum atomic E-state index is -4.11. The zero-order valence-electron chi connectivity index (χ0n) is 13.3. The minimum absolute atomic E-state index is 0.176. The first-order valence-corrected chi connectivity index (χ1v) is 10.6. The predicted molar refractivity (Wildman–Crippen MR) is 96.9 cm³/mol. The fourth-order valence-corrected chi connectivity index (χ4v) is 4.21. The molecule has 0 unspecified atom stereocenters. The van der Waals surface area contributed by atoms with Gasteiger partial charge in [-0.1, -0.05) is 29.8 Å². The van der Waals surface area contributed by atoms with Gasteiger partial charge in [0.25, 0.3) is 0 Å². The molecule has 0 radical (unpaired) electrons. The van der Waals surface area contributed by atoms with Crippen molar-refractivity contribution in [1.82, 2.24) is 0 Å². The topological polar surface area (TPSA) is 116 Å². The molecule has 136 valence electrons. The lowest BCUT2D eigenvalue weighted by Gasteiger charge is -2.13. The van der Waals surface area contributed by atoms with Gasteiger partial charge in [0.2, 0.25) is 20.0 Å². The summed E-state index contributed by atoms with van der Waals surface area (Å²) in [6.45, 7) is 0. The molecular formula is C15H17ClN2O5S2. The summed E-state index contributed by atoms with van der Waals surface area (Å²) < 4.78 is 55.3. The number of sulfonamides is 2. The smallest absolute Gasteiger partial charge is 0.240 e. The van der Waals surface area contributed by atoms with E-state index in [1.807, 2.05) is 0 Å². The van der Waals surface area contributed by atoms with E-state index in [2.05, 4.69) is 4.72 Å². The first-order chi connectivity index (χ1) is 11.6. The van der Waals surface area contributed by atoms with Crippen LogP contribution < -0.4 is 14.6 Å². The Morgan fingerprint density at radius 3 is 2.44 bits per heavy atom. The first-order valence-electron chi connectivity index (χ1n) is 7.07. The largest absolute Gasteiger partial charge is 0.496 e. The Morgan fingerprint density at radius 2 is 1.80 bits per heavy atom. The van der Waals surface area contributed by atoms with Gasteiger partial charge in [-0.3, -0.25) is 4.72 Å². The van der Waals surface area contributed by atoms with Crippen LogP contribution in [0.3, 0.4) is 0 Å². The van der Waals surface area contributed by atoms with Gasteiger partial charge in [0.15, 0.2) is 0 Å². The summed E-state index contributed by atoms with van der Waals surface area (Å²) in [5.74, 6) is 0.301.